The molecule has 4 rings (SSSR count). The molecule has 0 aromatic heterocycles. The number of carbonyl (C=O) groups is 2. The van der Waals surface area contributed by atoms with Gasteiger partial charge in [-0.1, -0.05) is 24.3 Å². The number of fused-ring (bicyclic) bond motifs is 1. The van der Waals surface area contributed by atoms with E-state index >= 15 is 0 Å². The Labute approximate surface area is 176 Å². The van der Waals surface area contributed by atoms with Crippen LogP contribution in [-0.4, -0.2) is 39.4 Å². The van der Waals surface area contributed by atoms with Gasteiger partial charge in [-0.2, -0.15) is 0 Å². The Morgan fingerprint density at radius 1 is 0.839 bits per heavy atom. The summed E-state index contributed by atoms with van der Waals surface area (Å²) in [7, 11) is 0. The van der Waals surface area contributed by atoms with Gasteiger partial charge in [-0.05, 0) is 25.3 Å². The van der Waals surface area contributed by atoms with E-state index in [9.17, 15) is 29.8 Å². The fourth-order valence-corrected chi connectivity index (χ4v) is 3.92. The first-order chi connectivity index (χ1) is 14.9. The molecule has 2 aromatic rings. The fraction of sp³-hybridized carbons (Fsp3) is 0.238. The topological polar surface area (TPSA) is 136 Å². The van der Waals surface area contributed by atoms with E-state index in [-0.39, 0.29) is 34.0 Å². The number of rotatable bonds is 5. The van der Waals surface area contributed by atoms with Crippen LogP contribution in [0.1, 0.15) is 40.0 Å². The van der Waals surface area contributed by atoms with Gasteiger partial charge in [0.25, 0.3) is 11.4 Å². The van der Waals surface area contributed by atoms with Crippen molar-refractivity contribution < 1.29 is 19.4 Å². The number of piperidine rings is 1. The molecule has 2 aliphatic rings. The van der Waals surface area contributed by atoms with E-state index in [1.807, 2.05) is 4.90 Å². The van der Waals surface area contributed by atoms with Gasteiger partial charge in [0.1, 0.15) is 17.1 Å². The summed E-state index contributed by atoms with van der Waals surface area (Å²) in [5, 5.41) is 25.3. The highest BCUT2D eigenvalue weighted by molar-refractivity contribution is 6.27. The van der Waals surface area contributed by atoms with Gasteiger partial charge in [-0.25, -0.2) is 0 Å². The summed E-state index contributed by atoms with van der Waals surface area (Å²) in [4.78, 5) is 49.5. The molecule has 1 aliphatic carbocycles. The third-order valence-electron chi connectivity index (χ3n) is 5.42. The van der Waals surface area contributed by atoms with Crippen LogP contribution in [0, 0.1) is 20.2 Å². The monoisotopic (exact) mass is 422 g/mol. The zero-order valence-corrected chi connectivity index (χ0v) is 16.4. The number of benzene rings is 2. The largest absolute Gasteiger partial charge is 0.367 e. The molecule has 10 heteroatoms. The maximum atomic E-state index is 13.3. The number of nitrogens with zero attached hydrogens (tertiary/aromatic N) is 3. The van der Waals surface area contributed by atoms with Crippen LogP contribution in [0.4, 0.5) is 17.1 Å². The summed E-state index contributed by atoms with van der Waals surface area (Å²) in [6, 6.07) is 9.56. The van der Waals surface area contributed by atoms with Crippen molar-refractivity contribution in [1.82, 2.24) is 4.90 Å². The Bertz CT molecular complexity index is 1150. The lowest BCUT2D eigenvalue weighted by atomic mass is 9.89. The molecule has 0 amide bonds. The first-order valence-electron chi connectivity index (χ1n) is 9.76. The number of hydrogen-bond donors (Lipinski definition) is 1. The molecule has 1 aliphatic heterocycles. The minimum absolute atomic E-state index is 0.0532. The number of ketones is 2. The van der Waals surface area contributed by atoms with Gasteiger partial charge >= 0.3 is 0 Å². The second kappa shape index (κ2) is 7.98. The van der Waals surface area contributed by atoms with Gasteiger partial charge in [-0.15, -0.1) is 0 Å². The van der Waals surface area contributed by atoms with Crippen LogP contribution >= 0.6 is 0 Å². The number of nitro benzene ring substituents is 2. The molecule has 0 radical (unpaired) electrons. The Balaban J connectivity index is 1.85. The van der Waals surface area contributed by atoms with Gasteiger partial charge in [0, 0.05) is 30.3 Å². The molecule has 0 bridgehead atoms. The first-order valence-corrected chi connectivity index (χ1v) is 9.76. The molecule has 0 unspecified atom stereocenters. The quantitative estimate of drug-likeness (QED) is 0.569. The number of nitrogens with one attached hydrogen (secondary N) is 1. The first kappa shape index (κ1) is 20.2. The van der Waals surface area contributed by atoms with Crippen LogP contribution < -0.4 is 5.32 Å². The van der Waals surface area contributed by atoms with Crippen molar-refractivity contribution in [1.29, 1.82) is 0 Å². The summed E-state index contributed by atoms with van der Waals surface area (Å²) in [6.45, 7) is 1.17. The summed E-state index contributed by atoms with van der Waals surface area (Å²) < 4.78 is 0. The van der Waals surface area contributed by atoms with Crippen molar-refractivity contribution in [3.05, 3.63) is 85.2 Å². The van der Waals surface area contributed by atoms with Crippen LogP contribution in [0.5, 0.6) is 0 Å². The molecular formula is C21H18N4O6. The summed E-state index contributed by atoms with van der Waals surface area (Å²) >= 11 is 0. The van der Waals surface area contributed by atoms with Crippen molar-refractivity contribution in [3.8, 4) is 0 Å². The minimum atomic E-state index is -0.764. The van der Waals surface area contributed by atoms with Crippen molar-refractivity contribution in [2.45, 2.75) is 19.3 Å². The SMILES string of the molecule is O=C1C(Nc2ccc([N+](=O)[O-])cc2[N+](=O)[O-])=C(N2CCCCC2)C(=O)c2ccccc21. The van der Waals surface area contributed by atoms with E-state index in [0.717, 1.165) is 31.4 Å². The smallest absolute Gasteiger partial charge is 0.299 e. The Morgan fingerprint density at radius 2 is 1.48 bits per heavy atom. The van der Waals surface area contributed by atoms with Gasteiger partial charge in [0.15, 0.2) is 0 Å². The molecule has 158 valence electrons. The number of Topliss-reactive ketones (excluding diaryl/α,β-unsaturated/α-hetero) is 2. The van der Waals surface area contributed by atoms with E-state index in [1.54, 1.807) is 18.2 Å². The number of nitro groups is 2. The van der Waals surface area contributed by atoms with Crippen LogP contribution in [0.15, 0.2) is 53.9 Å². The number of hydrogen-bond acceptors (Lipinski definition) is 8. The second-order valence-corrected chi connectivity index (χ2v) is 7.32. The van der Waals surface area contributed by atoms with Crippen molar-refractivity contribution in [2.24, 2.45) is 0 Å². The summed E-state index contributed by atoms with van der Waals surface area (Å²) in [6.07, 6.45) is 2.73. The van der Waals surface area contributed by atoms with E-state index in [1.165, 1.54) is 12.1 Å². The lowest BCUT2D eigenvalue weighted by molar-refractivity contribution is -0.393. The Morgan fingerprint density at radius 3 is 2.10 bits per heavy atom. The van der Waals surface area contributed by atoms with Gasteiger partial charge < -0.3 is 10.2 Å². The van der Waals surface area contributed by atoms with E-state index in [2.05, 4.69) is 5.32 Å². The highest BCUT2D eigenvalue weighted by Gasteiger charge is 2.36. The van der Waals surface area contributed by atoms with Crippen LogP contribution in [0.3, 0.4) is 0 Å². The molecule has 2 aromatic carbocycles. The molecule has 1 N–H and O–H groups in total. The van der Waals surface area contributed by atoms with Gasteiger partial charge in [-0.3, -0.25) is 29.8 Å². The lowest BCUT2D eigenvalue weighted by Crippen LogP contribution is -2.39. The number of anilines is 1. The summed E-state index contributed by atoms with van der Waals surface area (Å²) in [5.74, 6) is -0.785. The van der Waals surface area contributed by atoms with Crippen LogP contribution in [0.25, 0.3) is 0 Å². The molecule has 1 saturated heterocycles. The third-order valence-corrected chi connectivity index (χ3v) is 5.42. The van der Waals surface area contributed by atoms with Gasteiger partial charge in [0.05, 0.1) is 15.9 Å². The minimum Gasteiger partial charge on any atom is -0.367 e. The molecule has 0 saturated carbocycles. The normalized spacial score (nSPS) is 16.2. The molecule has 1 heterocycles. The molecule has 31 heavy (non-hydrogen) atoms. The maximum Gasteiger partial charge on any atom is 0.299 e. The van der Waals surface area contributed by atoms with Crippen molar-refractivity contribution >= 4 is 28.6 Å². The fourth-order valence-electron chi connectivity index (χ4n) is 3.92. The average Bonchev–Trinajstić information content (AvgIpc) is 2.78. The average molecular weight is 422 g/mol. The van der Waals surface area contributed by atoms with Gasteiger partial charge in [0.2, 0.25) is 11.6 Å². The predicted octanol–water partition coefficient (Wildman–Crippen LogP) is 3.69. The summed E-state index contributed by atoms with van der Waals surface area (Å²) in [5.41, 5.74) is -0.478. The van der Waals surface area contributed by atoms with E-state index in [0.29, 0.717) is 13.1 Å². The van der Waals surface area contributed by atoms with Crippen molar-refractivity contribution in [2.75, 3.05) is 18.4 Å². The number of non-ortho nitro benzene ring substituents is 1. The Hall–Kier alpha value is -4.08. The highest BCUT2D eigenvalue weighted by atomic mass is 16.6. The van der Waals surface area contributed by atoms with Crippen molar-refractivity contribution in [3.63, 3.8) is 0 Å². The van der Waals surface area contributed by atoms with E-state index in [4.69, 9.17) is 0 Å². The maximum absolute atomic E-state index is 13.3. The zero-order valence-electron chi connectivity index (χ0n) is 16.4. The third kappa shape index (κ3) is 3.63. The molecule has 10 nitrogen and oxygen atoms in total. The van der Waals surface area contributed by atoms with Crippen LogP contribution in [0.2, 0.25) is 0 Å². The molecule has 1 fully saturated rings. The second-order valence-electron chi connectivity index (χ2n) is 7.32. The van der Waals surface area contributed by atoms with Crippen LogP contribution in [-0.2, 0) is 0 Å². The van der Waals surface area contributed by atoms with E-state index < -0.39 is 27.0 Å². The molecular weight excluding hydrogens is 404 g/mol. The lowest BCUT2D eigenvalue weighted by Gasteiger charge is -2.34. The predicted molar refractivity (Wildman–Crippen MR) is 111 cm³/mol. The standard InChI is InChI=1S/C21H18N4O6/c26-20-14-6-2-3-7-15(14)21(27)19(23-10-4-1-5-11-23)18(20)22-16-9-8-13(24(28)29)12-17(16)25(30)31/h2-3,6-9,12,22H,1,4-5,10-11H2. The zero-order chi connectivity index (χ0) is 22.1. The molecule has 0 atom stereocenters. The molecule has 0 spiro atoms. The highest BCUT2D eigenvalue weighted by Crippen LogP contribution is 2.34. The number of likely N-dealkylation sites (tertiary alicyclic amines) is 1. The Kier molecular flexibility index (Phi) is 5.20. The number of allylic oxidation sites excluding steroid dienone is 2. The number of carbonyl (C=O) groups excluding carboxylic acids is 2.